The number of unbranched alkanes of at least 4 members (excludes halogenated alkanes) is 2. The van der Waals surface area contributed by atoms with Gasteiger partial charge in [0, 0.05) is 32.7 Å². The standard InChI is InChI=1S/C16H34N4.HI/c1-4-5-7-11-18-16(17-3)19-12-9-14-20-13-8-6-10-15(20)2;/h15H,4-14H2,1-3H3,(H2,17,18,19);1H. The van der Waals surface area contributed by atoms with Crippen molar-refractivity contribution in [2.24, 2.45) is 4.99 Å². The van der Waals surface area contributed by atoms with Crippen molar-refractivity contribution in [3.05, 3.63) is 0 Å². The van der Waals surface area contributed by atoms with Crippen LogP contribution in [-0.2, 0) is 0 Å². The van der Waals surface area contributed by atoms with E-state index in [9.17, 15) is 0 Å². The monoisotopic (exact) mass is 410 g/mol. The smallest absolute Gasteiger partial charge is 0.190 e. The first-order valence-corrected chi connectivity index (χ1v) is 8.46. The van der Waals surface area contributed by atoms with E-state index in [2.05, 4.69) is 34.4 Å². The predicted octanol–water partition coefficient (Wildman–Crippen LogP) is 3.22. The molecule has 2 N–H and O–H groups in total. The fraction of sp³-hybridized carbons (Fsp3) is 0.938. The second-order valence-corrected chi connectivity index (χ2v) is 5.87. The Morgan fingerprint density at radius 2 is 1.86 bits per heavy atom. The highest BCUT2D eigenvalue weighted by atomic mass is 127. The van der Waals surface area contributed by atoms with Gasteiger partial charge in [-0.25, -0.2) is 0 Å². The van der Waals surface area contributed by atoms with Gasteiger partial charge in [0.2, 0.25) is 0 Å². The zero-order valence-corrected chi connectivity index (χ0v) is 16.5. The van der Waals surface area contributed by atoms with Gasteiger partial charge in [-0.3, -0.25) is 4.99 Å². The lowest BCUT2D eigenvalue weighted by Crippen LogP contribution is -2.41. The predicted molar refractivity (Wildman–Crippen MR) is 104 cm³/mol. The lowest BCUT2D eigenvalue weighted by molar-refractivity contribution is 0.159. The highest BCUT2D eigenvalue weighted by molar-refractivity contribution is 14.0. The Hall–Kier alpha value is -0.0400. The molecule has 1 aliphatic rings. The molecule has 1 saturated heterocycles. The SMILES string of the molecule is CCCCCNC(=NC)NCCCN1CCCCC1C.I. The summed E-state index contributed by atoms with van der Waals surface area (Å²) >= 11 is 0. The number of hydrogen-bond acceptors (Lipinski definition) is 2. The second-order valence-electron chi connectivity index (χ2n) is 5.87. The Labute approximate surface area is 148 Å². The van der Waals surface area contributed by atoms with Gasteiger partial charge in [0.15, 0.2) is 5.96 Å². The van der Waals surface area contributed by atoms with E-state index in [0.717, 1.165) is 25.1 Å². The molecule has 0 saturated carbocycles. The van der Waals surface area contributed by atoms with Crippen LogP contribution in [0.15, 0.2) is 4.99 Å². The van der Waals surface area contributed by atoms with Crippen LogP contribution in [0.5, 0.6) is 0 Å². The Kier molecular flexibility index (Phi) is 13.6. The lowest BCUT2D eigenvalue weighted by atomic mass is 10.0. The van der Waals surface area contributed by atoms with Gasteiger partial charge < -0.3 is 15.5 Å². The Morgan fingerprint density at radius 3 is 2.48 bits per heavy atom. The summed E-state index contributed by atoms with van der Waals surface area (Å²) in [4.78, 5) is 6.89. The quantitative estimate of drug-likeness (QED) is 0.279. The highest BCUT2D eigenvalue weighted by Gasteiger charge is 2.16. The minimum absolute atomic E-state index is 0. The minimum atomic E-state index is 0. The van der Waals surface area contributed by atoms with Crippen LogP contribution in [-0.4, -0.2) is 50.1 Å². The van der Waals surface area contributed by atoms with Crippen molar-refractivity contribution >= 4 is 29.9 Å². The van der Waals surface area contributed by atoms with Crippen molar-refractivity contribution in [3.63, 3.8) is 0 Å². The van der Waals surface area contributed by atoms with Crippen LogP contribution in [0.2, 0.25) is 0 Å². The maximum Gasteiger partial charge on any atom is 0.190 e. The molecule has 0 aromatic heterocycles. The van der Waals surface area contributed by atoms with Gasteiger partial charge in [0.1, 0.15) is 0 Å². The molecule has 4 nitrogen and oxygen atoms in total. The first kappa shape index (κ1) is 21.0. The summed E-state index contributed by atoms with van der Waals surface area (Å²) < 4.78 is 0. The average Bonchev–Trinajstić information content (AvgIpc) is 2.47. The largest absolute Gasteiger partial charge is 0.356 e. The van der Waals surface area contributed by atoms with E-state index in [4.69, 9.17) is 0 Å². The van der Waals surface area contributed by atoms with E-state index in [1.54, 1.807) is 0 Å². The van der Waals surface area contributed by atoms with Crippen LogP contribution in [0.25, 0.3) is 0 Å². The van der Waals surface area contributed by atoms with Crippen LogP contribution < -0.4 is 10.6 Å². The minimum Gasteiger partial charge on any atom is -0.356 e. The molecule has 1 heterocycles. The third-order valence-corrected chi connectivity index (χ3v) is 4.15. The van der Waals surface area contributed by atoms with E-state index >= 15 is 0 Å². The zero-order valence-electron chi connectivity index (χ0n) is 14.2. The molecular weight excluding hydrogens is 375 g/mol. The van der Waals surface area contributed by atoms with Crippen molar-refractivity contribution in [2.75, 3.05) is 33.2 Å². The number of rotatable bonds is 8. The zero-order chi connectivity index (χ0) is 14.6. The number of nitrogens with one attached hydrogen (secondary N) is 2. The fourth-order valence-electron chi connectivity index (χ4n) is 2.78. The van der Waals surface area contributed by atoms with Crippen molar-refractivity contribution in [1.29, 1.82) is 0 Å². The molecule has 126 valence electrons. The van der Waals surface area contributed by atoms with Gasteiger partial charge in [-0.1, -0.05) is 26.2 Å². The average molecular weight is 410 g/mol. The van der Waals surface area contributed by atoms with E-state index in [-0.39, 0.29) is 24.0 Å². The Balaban J connectivity index is 0.00000400. The molecule has 0 amide bonds. The molecular formula is C16H35IN4. The number of halogens is 1. The number of likely N-dealkylation sites (tertiary alicyclic amines) is 1. The van der Waals surface area contributed by atoms with Gasteiger partial charge in [0.25, 0.3) is 0 Å². The van der Waals surface area contributed by atoms with Crippen LogP contribution in [0, 0.1) is 0 Å². The molecule has 0 bridgehead atoms. The summed E-state index contributed by atoms with van der Waals surface area (Å²) in [6.07, 6.45) is 9.12. The summed E-state index contributed by atoms with van der Waals surface area (Å²) in [7, 11) is 1.85. The van der Waals surface area contributed by atoms with Gasteiger partial charge in [-0.15, -0.1) is 24.0 Å². The van der Waals surface area contributed by atoms with Crippen LogP contribution in [0.1, 0.15) is 58.8 Å². The maximum absolute atomic E-state index is 4.27. The molecule has 1 atom stereocenters. The summed E-state index contributed by atoms with van der Waals surface area (Å²) in [6, 6.07) is 0.773. The third-order valence-electron chi connectivity index (χ3n) is 4.15. The third kappa shape index (κ3) is 9.55. The molecule has 0 spiro atoms. The first-order chi connectivity index (χ1) is 9.77. The molecule has 1 unspecified atom stereocenters. The Morgan fingerprint density at radius 1 is 1.14 bits per heavy atom. The number of piperidine rings is 1. The molecule has 0 aromatic rings. The molecule has 1 rings (SSSR count). The molecule has 1 fully saturated rings. The van der Waals surface area contributed by atoms with E-state index in [0.29, 0.717) is 0 Å². The van der Waals surface area contributed by atoms with E-state index < -0.39 is 0 Å². The molecule has 21 heavy (non-hydrogen) atoms. The number of nitrogens with zero attached hydrogens (tertiary/aromatic N) is 2. The van der Waals surface area contributed by atoms with Crippen LogP contribution in [0.3, 0.4) is 0 Å². The van der Waals surface area contributed by atoms with Crippen molar-refractivity contribution in [2.45, 2.75) is 64.8 Å². The van der Waals surface area contributed by atoms with Gasteiger partial charge in [-0.05, 0) is 39.2 Å². The number of aliphatic imine (C=N–C) groups is 1. The maximum atomic E-state index is 4.27. The second kappa shape index (κ2) is 13.6. The fourth-order valence-corrected chi connectivity index (χ4v) is 2.78. The summed E-state index contributed by atoms with van der Waals surface area (Å²) in [5.41, 5.74) is 0. The van der Waals surface area contributed by atoms with Crippen molar-refractivity contribution < 1.29 is 0 Å². The highest BCUT2D eigenvalue weighted by Crippen LogP contribution is 2.15. The first-order valence-electron chi connectivity index (χ1n) is 8.46. The number of guanidine groups is 1. The van der Waals surface area contributed by atoms with Gasteiger partial charge >= 0.3 is 0 Å². The van der Waals surface area contributed by atoms with Crippen molar-refractivity contribution in [3.8, 4) is 0 Å². The summed E-state index contributed by atoms with van der Waals surface area (Å²) in [5, 5.41) is 6.79. The van der Waals surface area contributed by atoms with Crippen molar-refractivity contribution in [1.82, 2.24) is 15.5 Å². The van der Waals surface area contributed by atoms with Gasteiger partial charge in [-0.2, -0.15) is 0 Å². The van der Waals surface area contributed by atoms with E-state index in [1.165, 1.54) is 58.0 Å². The van der Waals surface area contributed by atoms with E-state index in [1.807, 2.05) is 7.05 Å². The van der Waals surface area contributed by atoms with Gasteiger partial charge in [0.05, 0.1) is 0 Å². The molecule has 5 heteroatoms. The topological polar surface area (TPSA) is 39.7 Å². The summed E-state index contributed by atoms with van der Waals surface area (Å²) in [5.74, 6) is 0.952. The lowest BCUT2D eigenvalue weighted by Gasteiger charge is -2.33. The molecule has 0 radical (unpaired) electrons. The Bertz CT molecular complexity index is 271. The van der Waals surface area contributed by atoms with Crippen LogP contribution >= 0.6 is 24.0 Å². The van der Waals surface area contributed by atoms with Crippen LogP contribution in [0.4, 0.5) is 0 Å². The number of hydrogen-bond donors (Lipinski definition) is 2. The molecule has 0 aromatic carbocycles. The summed E-state index contributed by atoms with van der Waals surface area (Å²) in [6.45, 7) is 9.12. The normalized spacial score (nSPS) is 20.0. The molecule has 0 aliphatic carbocycles. The molecule has 1 aliphatic heterocycles.